The fraction of sp³-hybridized carbons (Fsp3) is 0.917. The first-order chi connectivity index (χ1) is 8.88. The van der Waals surface area contributed by atoms with E-state index in [1.807, 2.05) is 18.5 Å². The average molecular weight is 287 g/mol. The van der Waals surface area contributed by atoms with Gasteiger partial charge in [0.05, 0.1) is 12.1 Å². The predicted octanol–water partition coefficient (Wildman–Crippen LogP) is 1.17. The van der Waals surface area contributed by atoms with Crippen LogP contribution in [0.2, 0.25) is 0 Å². The van der Waals surface area contributed by atoms with Gasteiger partial charge in [-0.2, -0.15) is 0 Å². The van der Waals surface area contributed by atoms with Crippen molar-refractivity contribution < 1.29 is 5.11 Å². The lowest BCUT2D eigenvalue weighted by molar-refractivity contribution is 0.0777. The fourth-order valence-corrected chi connectivity index (χ4v) is 2.56. The summed E-state index contributed by atoms with van der Waals surface area (Å²) in [5.74, 6) is 1.46. The number of aromatic nitrogens is 4. The predicted molar refractivity (Wildman–Crippen MR) is 77.2 cm³/mol. The molecule has 110 valence electrons. The number of hydrogen-bond acceptors (Lipinski definition) is 6. The SMILES string of the molecule is CC(C)CNCCn1nnnc1SCCC(C)(C)O. The van der Waals surface area contributed by atoms with E-state index in [2.05, 4.69) is 34.7 Å². The minimum atomic E-state index is -0.635. The van der Waals surface area contributed by atoms with Crippen molar-refractivity contribution in [3.8, 4) is 0 Å². The third-order valence-corrected chi connectivity index (χ3v) is 3.46. The van der Waals surface area contributed by atoms with Crippen LogP contribution < -0.4 is 5.32 Å². The van der Waals surface area contributed by atoms with Gasteiger partial charge in [-0.1, -0.05) is 25.6 Å². The van der Waals surface area contributed by atoms with Gasteiger partial charge in [-0.25, -0.2) is 4.68 Å². The highest BCUT2D eigenvalue weighted by Crippen LogP contribution is 2.18. The van der Waals surface area contributed by atoms with Gasteiger partial charge >= 0.3 is 0 Å². The zero-order chi connectivity index (χ0) is 14.3. The zero-order valence-electron chi connectivity index (χ0n) is 12.3. The van der Waals surface area contributed by atoms with Crippen molar-refractivity contribution in [2.75, 3.05) is 18.8 Å². The molecule has 0 aliphatic rings. The molecule has 0 aliphatic heterocycles. The Balaban J connectivity index is 2.30. The van der Waals surface area contributed by atoms with E-state index in [1.165, 1.54) is 0 Å². The number of aliphatic hydroxyl groups is 1. The molecule has 0 amide bonds. The van der Waals surface area contributed by atoms with Crippen LogP contribution in [-0.4, -0.2) is 49.8 Å². The number of nitrogens with one attached hydrogen (secondary N) is 1. The Morgan fingerprint density at radius 1 is 1.42 bits per heavy atom. The molecule has 1 aromatic heterocycles. The van der Waals surface area contributed by atoms with Gasteiger partial charge in [-0.05, 0) is 43.2 Å². The van der Waals surface area contributed by atoms with Crippen molar-refractivity contribution >= 4 is 11.8 Å². The number of hydrogen-bond donors (Lipinski definition) is 2. The number of tetrazole rings is 1. The quantitative estimate of drug-likeness (QED) is 0.524. The lowest BCUT2D eigenvalue weighted by Gasteiger charge is -2.15. The molecule has 0 radical (unpaired) electrons. The maximum atomic E-state index is 9.66. The monoisotopic (exact) mass is 287 g/mol. The van der Waals surface area contributed by atoms with Crippen LogP contribution in [0.1, 0.15) is 34.1 Å². The van der Waals surface area contributed by atoms with Crippen molar-refractivity contribution in [2.45, 2.75) is 51.4 Å². The van der Waals surface area contributed by atoms with E-state index in [0.717, 1.165) is 37.0 Å². The van der Waals surface area contributed by atoms with E-state index in [4.69, 9.17) is 0 Å². The van der Waals surface area contributed by atoms with Crippen LogP contribution in [0.25, 0.3) is 0 Å². The Labute approximate surface area is 119 Å². The van der Waals surface area contributed by atoms with Gasteiger partial charge in [0.2, 0.25) is 5.16 Å². The molecule has 0 aliphatic carbocycles. The molecule has 1 heterocycles. The fourth-order valence-electron chi connectivity index (χ4n) is 1.41. The molecule has 0 aromatic carbocycles. The molecule has 7 heteroatoms. The molecule has 1 aromatic rings. The van der Waals surface area contributed by atoms with Gasteiger partial charge in [0.15, 0.2) is 0 Å². The summed E-state index contributed by atoms with van der Waals surface area (Å²) < 4.78 is 1.81. The molecule has 0 bridgehead atoms. The van der Waals surface area contributed by atoms with Gasteiger partial charge in [-0.15, -0.1) is 5.10 Å². The summed E-state index contributed by atoms with van der Waals surface area (Å²) >= 11 is 1.58. The number of nitrogens with zero attached hydrogens (tertiary/aromatic N) is 4. The molecule has 6 nitrogen and oxygen atoms in total. The summed E-state index contributed by atoms with van der Waals surface area (Å²) in [4.78, 5) is 0. The summed E-state index contributed by atoms with van der Waals surface area (Å²) in [6.45, 7) is 10.6. The maximum absolute atomic E-state index is 9.66. The Kier molecular flexibility index (Phi) is 6.74. The van der Waals surface area contributed by atoms with E-state index in [0.29, 0.717) is 5.92 Å². The first kappa shape index (κ1) is 16.4. The summed E-state index contributed by atoms with van der Waals surface area (Å²) in [6.07, 6.45) is 0.718. The number of rotatable bonds is 9. The van der Waals surface area contributed by atoms with Crippen LogP contribution in [0.15, 0.2) is 5.16 Å². The molecular formula is C12H25N5OS. The second-order valence-corrected chi connectivity index (χ2v) is 6.76. The van der Waals surface area contributed by atoms with Gasteiger partial charge < -0.3 is 10.4 Å². The summed E-state index contributed by atoms with van der Waals surface area (Å²) in [5.41, 5.74) is -0.635. The minimum Gasteiger partial charge on any atom is -0.390 e. The van der Waals surface area contributed by atoms with Crippen molar-refractivity contribution in [1.82, 2.24) is 25.5 Å². The van der Waals surface area contributed by atoms with E-state index in [1.54, 1.807) is 11.8 Å². The lowest BCUT2D eigenvalue weighted by atomic mass is 10.1. The van der Waals surface area contributed by atoms with Crippen molar-refractivity contribution in [3.05, 3.63) is 0 Å². The van der Waals surface area contributed by atoms with Crippen molar-refractivity contribution in [1.29, 1.82) is 0 Å². The molecule has 0 atom stereocenters. The largest absolute Gasteiger partial charge is 0.390 e. The first-order valence-corrected chi connectivity index (χ1v) is 7.69. The smallest absolute Gasteiger partial charge is 0.209 e. The highest BCUT2D eigenvalue weighted by Gasteiger charge is 2.13. The van der Waals surface area contributed by atoms with Crippen molar-refractivity contribution in [2.24, 2.45) is 5.92 Å². The van der Waals surface area contributed by atoms with E-state index in [9.17, 15) is 5.11 Å². The first-order valence-electron chi connectivity index (χ1n) is 6.70. The molecule has 0 saturated heterocycles. The molecule has 0 unspecified atom stereocenters. The van der Waals surface area contributed by atoms with Gasteiger partial charge in [-0.3, -0.25) is 0 Å². The molecule has 1 rings (SSSR count). The molecule has 19 heavy (non-hydrogen) atoms. The second kappa shape index (κ2) is 7.81. The van der Waals surface area contributed by atoms with E-state index < -0.39 is 5.60 Å². The van der Waals surface area contributed by atoms with E-state index in [-0.39, 0.29) is 0 Å². The van der Waals surface area contributed by atoms with Crippen LogP contribution in [-0.2, 0) is 6.54 Å². The number of thioether (sulfide) groups is 1. The molecule has 2 N–H and O–H groups in total. The van der Waals surface area contributed by atoms with Crippen LogP contribution >= 0.6 is 11.8 Å². The third kappa shape index (κ3) is 7.49. The van der Waals surface area contributed by atoms with Gasteiger partial charge in [0, 0.05) is 12.3 Å². The molecule has 0 spiro atoms. The third-order valence-electron chi connectivity index (χ3n) is 2.50. The molecule has 0 saturated carbocycles. The zero-order valence-corrected chi connectivity index (χ0v) is 13.1. The lowest BCUT2D eigenvalue weighted by Crippen LogP contribution is -2.24. The maximum Gasteiger partial charge on any atom is 0.209 e. The van der Waals surface area contributed by atoms with Gasteiger partial charge in [0.1, 0.15) is 0 Å². The Morgan fingerprint density at radius 2 is 2.16 bits per heavy atom. The summed E-state index contributed by atoms with van der Waals surface area (Å²) in [6, 6.07) is 0. The van der Waals surface area contributed by atoms with Crippen LogP contribution in [0.3, 0.4) is 0 Å². The topological polar surface area (TPSA) is 75.9 Å². The van der Waals surface area contributed by atoms with Crippen molar-refractivity contribution in [3.63, 3.8) is 0 Å². The highest BCUT2D eigenvalue weighted by molar-refractivity contribution is 7.99. The molecular weight excluding hydrogens is 262 g/mol. The standard InChI is InChI=1S/C12H25N5OS/c1-10(2)9-13-6-7-17-11(14-15-16-17)19-8-5-12(3,4)18/h10,13,18H,5-9H2,1-4H3. The van der Waals surface area contributed by atoms with Gasteiger partial charge in [0.25, 0.3) is 0 Å². The van der Waals surface area contributed by atoms with E-state index >= 15 is 0 Å². The Bertz CT molecular complexity index is 361. The average Bonchev–Trinajstić information content (AvgIpc) is 2.70. The van der Waals surface area contributed by atoms with Crippen LogP contribution in [0, 0.1) is 5.92 Å². The van der Waals surface area contributed by atoms with Crippen LogP contribution in [0.4, 0.5) is 0 Å². The summed E-state index contributed by atoms with van der Waals surface area (Å²) in [7, 11) is 0. The summed E-state index contributed by atoms with van der Waals surface area (Å²) in [5, 5.41) is 25.5. The second-order valence-electron chi connectivity index (χ2n) is 5.69. The Hall–Kier alpha value is -0.660. The minimum absolute atomic E-state index is 0.635. The van der Waals surface area contributed by atoms with Crippen LogP contribution in [0.5, 0.6) is 0 Å². The highest BCUT2D eigenvalue weighted by atomic mass is 32.2. The Morgan fingerprint density at radius 3 is 2.79 bits per heavy atom. The molecule has 0 fully saturated rings. The normalized spacial score (nSPS) is 12.3.